The zero-order chi connectivity index (χ0) is 27.6. The molecule has 15 atom stereocenters. The second-order valence-corrected chi connectivity index (χ2v) is 9.07. The number of amides is 1. The molecule has 17 heteroatoms. The SMILES string of the molecule is CC(=O)NC1[C@H](O[C@H]2C(CO)O[C@@H](O[C@@H]3C(CO)OC(O)C(O)[C@H]3O)C(O)[C@H]2O)OC(CO)[C@H](O)[C@@H]1O. The molecule has 216 valence electrons. The lowest BCUT2D eigenvalue weighted by Gasteiger charge is -2.48. The third kappa shape index (κ3) is 6.38. The van der Waals surface area contributed by atoms with Crippen LogP contribution in [0.15, 0.2) is 0 Å². The Hall–Kier alpha value is -1.13. The van der Waals surface area contributed by atoms with Crippen molar-refractivity contribution in [1.82, 2.24) is 5.32 Å². The monoisotopic (exact) mass is 545 g/mol. The molecule has 3 aliphatic rings. The summed E-state index contributed by atoms with van der Waals surface area (Å²) in [7, 11) is 0. The molecule has 11 N–H and O–H groups in total. The van der Waals surface area contributed by atoms with Crippen molar-refractivity contribution in [2.24, 2.45) is 0 Å². The molecular weight excluding hydrogens is 510 g/mol. The van der Waals surface area contributed by atoms with Gasteiger partial charge in [-0.3, -0.25) is 4.79 Å². The van der Waals surface area contributed by atoms with Crippen LogP contribution in [0.1, 0.15) is 6.92 Å². The van der Waals surface area contributed by atoms with Crippen molar-refractivity contribution < 1.29 is 79.5 Å². The van der Waals surface area contributed by atoms with E-state index in [4.69, 9.17) is 23.7 Å². The van der Waals surface area contributed by atoms with E-state index in [-0.39, 0.29) is 0 Å². The first kappa shape index (κ1) is 30.4. The minimum absolute atomic E-state index is 0.637. The highest BCUT2D eigenvalue weighted by atomic mass is 16.7. The number of aliphatic hydroxyl groups excluding tert-OH is 10. The minimum Gasteiger partial charge on any atom is -0.394 e. The lowest BCUT2D eigenvalue weighted by molar-refractivity contribution is -0.372. The van der Waals surface area contributed by atoms with Crippen LogP contribution in [-0.2, 0) is 28.5 Å². The fraction of sp³-hybridized carbons (Fsp3) is 0.950. The van der Waals surface area contributed by atoms with Gasteiger partial charge in [0.1, 0.15) is 73.2 Å². The second kappa shape index (κ2) is 12.8. The van der Waals surface area contributed by atoms with Crippen LogP contribution in [0.25, 0.3) is 0 Å². The molecule has 3 rings (SSSR count). The lowest BCUT2D eigenvalue weighted by atomic mass is 9.95. The van der Waals surface area contributed by atoms with Crippen molar-refractivity contribution in [3.8, 4) is 0 Å². The normalized spacial score (nSPS) is 49.0. The van der Waals surface area contributed by atoms with Gasteiger partial charge in [0.2, 0.25) is 5.91 Å². The Balaban J connectivity index is 1.77. The Bertz CT molecular complexity index is 743. The van der Waals surface area contributed by atoms with E-state index >= 15 is 0 Å². The van der Waals surface area contributed by atoms with Gasteiger partial charge in [-0.15, -0.1) is 0 Å². The van der Waals surface area contributed by atoms with Crippen LogP contribution < -0.4 is 5.32 Å². The Kier molecular flexibility index (Phi) is 10.5. The highest BCUT2D eigenvalue weighted by Gasteiger charge is 2.53. The zero-order valence-electron chi connectivity index (χ0n) is 19.7. The molecule has 3 heterocycles. The number of hydrogen-bond acceptors (Lipinski definition) is 16. The predicted molar refractivity (Wildman–Crippen MR) is 113 cm³/mol. The van der Waals surface area contributed by atoms with Crippen LogP contribution in [0.2, 0.25) is 0 Å². The van der Waals surface area contributed by atoms with Gasteiger partial charge in [-0.2, -0.15) is 0 Å². The summed E-state index contributed by atoms with van der Waals surface area (Å²) < 4.78 is 27.0. The van der Waals surface area contributed by atoms with E-state index in [2.05, 4.69) is 5.32 Å². The van der Waals surface area contributed by atoms with Gasteiger partial charge in [-0.25, -0.2) is 0 Å². The van der Waals surface area contributed by atoms with Gasteiger partial charge < -0.3 is 80.1 Å². The fourth-order valence-electron chi connectivity index (χ4n) is 4.46. The molecular formula is C20H35NO16. The molecule has 3 saturated heterocycles. The molecule has 0 spiro atoms. The van der Waals surface area contributed by atoms with E-state index in [0.29, 0.717) is 0 Å². The molecule has 0 aromatic carbocycles. The van der Waals surface area contributed by atoms with Gasteiger partial charge in [0.25, 0.3) is 0 Å². The van der Waals surface area contributed by atoms with Crippen molar-refractivity contribution in [2.75, 3.05) is 19.8 Å². The molecule has 0 aromatic heterocycles. The Labute approximate surface area is 210 Å². The van der Waals surface area contributed by atoms with Crippen molar-refractivity contribution in [1.29, 1.82) is 0 Å². The summed E-state index contributed by atoms with van der Waals surface area (Å²) in [6.07, 6.45) is -23.1. The number of rotatable bonds is 8. The number of aliphatic hydroxyl groups is 10. The van der Waals surface area contributed by atoms with Gasteiger partial charge in [0.05, 0.1) is 19.8 Å². The second-order valence-electron chi connectivity index (χ2n) is 9.07. The maximum Gasteiger partial charge on any atom is 0.217 e. The first-order valence-electron chi connectivity index (χ1n) is 11.6. The summed E-state index contributed by atoms with van der Waals surface area (Å²) in [5.41, 5.74) is 0. The molecule has 37 heavy (non-hydrogen) atoms. The van der Waals surface area contributed by atoms with Crippen LogP contribution in [-0.4, -0.2) is 169 Å². The van der Waals surface area contributed by atoms with E-state index in [1.54, 1.807) is 0 Å². The maximum absolute atomic E-state index is 11.6. The summed E-state index contributed by atoms with van der Waals surface area (Å²) in [6.45, 7) is -1.21. The van der Waals surface area contributed by atoms with Gasteiger partial charge >= 0.3 is 0 Å². The number of ether oxygens (including phenoxy) is 5. The van der Waals surface area contributed by atoms with Gasteiger partial charge in [0, 0.05) is 6.92 Å². The highest BCUT2D eigenvalue weighted by molar-refractivity contribution is 5.73. The predicted octanol–water partition coefficient (Wildman–Crippen LogP) is -7.43. The van der Waals surface area contributed by atoms with Crippen LogP contribution in [0.3, 0.4) is 0 Å². The summed E-state index contributed by atoms with van der Waals surface area (Å²) in [6, 6.07) is -1.39. The van der Waals surface area contributed by atoms with Crippen molar-refractivity contribution in [2.45, 2.75) is 99.0 Å². The smallest absolute Gasteiger partial charge is 0.217 e. The number of carbonyl (C=O) groups is 1. The minimum atomic E-state index is -1.92. The quantitative estimate of drug-likeness (QED) is 0.135. The largest absolute Gasteiger partial charge is 0.394 e. The molecule has 0 aromatic rings. The number of hydrogen-bond donors (Lipinski definition) is 11. The maximum atomic E-state index is 11.6. The van der Waals surface area contributed by atoms with Crippen LogP contribution in [0.5, 0.6) is 0 Å². The van der Waals surface area contributed by atoms with Crippen molar-refractivity contribution in [3.05, 3.63) is 0 Å². The standard InChI is InChI=1S/C20H35NO16/c1-5(25)21-9-11(27)10(26)6(2-22)34-19(9)36-17-8(4-24)35-20(15(31)13(17)29)37-16-7(3-23)33-18(32)14(30)12(16)28/h6-20,22-24,26-32H,2-4H2,1H3,(H,21,25)/t6?,7?,8?,9?,10-,11+,12+,13+,14?,15?,16+,17-,18?,19-,20-/m0/s1. The third-order valence-corrected chi connectivity index (χ3v) is 6.49. The average Bonchev–Trinajstić information content (AvgIpc) is 2.87. The molecule has 7 unspecified atom stereocenters. The number of carbonyl (C=O) groups excluding carboxylic acids is 1. The first-order chi connectivity index (χ1) is 17.4. The molecule has 0 bridgehead atoms. The highest BCUT2D eigenvalue weighted by Crippen LogP contribution is 2.32. The Morgan fingerprint density at radius 2 is 1.14 bits per heavy atom. The Morgan fingerprint density at radius 3 is 1.68 bits per heavy atom. The first-order valence-corrected chi connectivity index (χ1v) is 11.6. The third-order valence-electron chi connectivity index (χ3n) is 6.49. The summed E-state index contributed by atoms with van der Waals surface area (Å²) >= 11 is 0. The Morgan fingerprint density at radius 1 is 0.649 bits per heavy atom. The van der Waals surface area contributed by atoms with Crippen molar-refractivity contribution >= 4 is 5.91 Å². The summed E-state index contributed by atoms with van der Waals surface area (Å²) in [5, 5.41) is 103. The van der Waals surface area contributed by atoms with Gasteiger partial charge in [-0.05, 0) is 0 Å². The molecule has 1 amide bonds. The number of nitrogens with one attached hydrogen (secondary N) is 1. The molecule has 0 radical (unpaired) electrons. The molecule has 0 saturated carbocycles. The summed E-state index contributed by atoms with van der Waals surface area (Å²) in [4.78, 5) is 11.6. The van der Waals surface area contributed by atoms with Crippen LogP contribution in [0.4, 0.5) is 0 Å². The van der Waals surface area contributed by atoms with Crippen LogP contribution >= 0.6 is 0 Å². The fourth-order valence-corrected chi connectivity index (χ4v) is 4.46. The molecule has 17 nitrogen and oxygen atoms in total. The van der Waals surface area contributed by atoms with E-state index in [0.717, 1.165) is 6.92 Å². The van der Waals surface area contributed by atoms with Gasteiger partial charge in [-0.1, -0.05) is 0 Å². The average molecular weight is 545 g/mol. The van der Waals surface area contributed by atoms with Crippen LogP contribution in [0, 0.1) is 0 Å². The molecule has 0 aliphatic carbocycles. The van der Waals surface area contributed by atoms with E-state index in [1.165, 1.54) is 0 Å². The lowest BCUT2D eigenvalue weighted by Crippen LogP contribution is -2.68. The summed E-state index contributed by atoms with van der Waals surface area (Å²) in [5.74, 6) is -0.637. The van der Waals surface area contributed by atoms with Gasteiger partial charge in [0.15, 0.2) is 18.9 Å². The topological polar surface area (TPSA) is 278 Å². The molecule has 3 aliphatic heterocycles. The zero-order valence-corrected chi connectivity index (χ0v) is 19.7. The molecule has 3 fully saturated rings. The van der Waals surface area contributed by atoms with E-state index < -0.39 is 118 Å². The van der Waals surface area contributed by atoms with E-state index in [1.807, 2.05) is 0 Å². The van der Waals surface area contributed by atoms with Crippen molar-refractivity contribution in [3.63, 3.8) is 0 Å². The van der Waals surface area contributed by atoms with E-state index in [9.17, 15) is 55.9 Å².